The van der Waals surface area contributed by atoms with Gasteiger partial charge < -0.3 is 4.90 Å². The van der Waals surface area contributed by atoms with E-state index >= 15 is 0 Å². The van der Waals surface area contributed by atoms with Crippen LogP contribution in [0.5, 0.6) is 0 Å². The van der Waals surface area contributed by atoms with E-state index in [9.17, 15) is 13.2 Å². The van der Waals surface area contributed by atoms with Gasteiger partial charge in [0, 0.05) is 38.6 Å². The first-order valence-corrected chi connectivity index (χ1v) is 10.2. The first kappa shape index (κ1) is 17.2. The number of sulfonamides is 1. The van der Waals surface area contributed by atoms with E-state index < -0.39 is 15.4 Å². The first-order valence-electron chi connectivity index (χ1n) is 8.80. The lowest BCUT2D eigenvalue weighted by molar-refractivity contribution is -0.124. The van der Waals surface area contributed by atoms with Gasteiger partial charge in [-0.05, 0) is 31.4 Å². The van der Waals surface area contributed by atoms with Crippen LogP contribution < -0.4 is 4.90 Å². The number of likely N-dealkylation sites (N-methyl/N-ethyl adjacent to an activating group) is 1. The summed E-state index contributed by atoms with van der Waals surface area (Å²) in [6.07, 6.45) is 4.24. The van der Waals surface area contributed by atoms with Crippen molar-refractivity contribution in [1.82, 2.24) is 14.1 Å². The third kappa shape index (κ3) is 2.32. The molecule has 4 rings (SSSR count). The Labute approximate surface area is 153 Å². The molecule has 1 aromatic heterocycles. The zero-order valence-corrected chi connectivity index (χ0v) is 15.7. The van der Waals surface area contributed by atoms with Crippen LogP contribution in [0, 0.1) is 0 Å². The normalized spacial score (nSPS) is 23.6. The van der Waals surface area contributed by atoms with Crippen molar-refractivity contribution in [3.63, 3.8) is 0 Å². The van der Waals surface area contributed by atoms with Crippen molar-refractivity contribution in [2.75, 3.05) is 25.0 Å². The molecular weight excluding hydrogens is 352 g/mol. The van der Waals surface area contributed by atoms with Crippen LogP contribution in [0.4, 0.5) is 5.69 Å². The molecule has 26 heavy (non-hydrogen) atoms. The molecule has 2 aliphatic heterocycles. The van der Waals surface area contributed by atoms with Crippen LogP contribution in [0.15, 0.2) is 41.6 Å². The van der Waals surface area contributed by atoms with Crippen LogP contribution in [0.1, 0.15) is 25.3 Å². The van der Waals surface area contributed by atoms with Gasteiger partial charge in [-0.2, -0.15) is 9.40 Å². The van der Waals surface area contributed by atoms with E-state index in [0.717, 1.165) is 11.3 Å². The lowest BCUT2D eigenvalue weighted by Crippen LogP contribution is -2.52. The minimum Gasteiger partial charge on any atom is -0.314 e. The molecule has 3 heterocycles. The van der Waals surface area contributed by atoms with Gasteiger partial charge in [-0.25, -0.2) is 8.42 Å². The smallest absolute Gasteiger partial charge is 0.246 e. The van der Waals surface area contributed by atoms with Crippen molar-refractivity contribution in [2.45, 2.75) is 36.6 Å². The number of carbonyl (C=O) groups is 1. The highest BCUT2D eigenvalue weighted by molar-refractivity contribution is 7.89. The van der Waals surface area contributed by atoms with Gasteiger partial charge in [0.15, 0.2) is 0 Å². The second-order valence-corrected chi connectivity index (χ2v) is 8.88. The number of hydrogen-bond donors (Lipinski definition) is 0. The van der Waals surface area contributed by atoms with Gasteiger partial charge >= 0.3 is 0 Å². The number of benzene rings is 1. The summed E-state index contributed by atoms with van der Waals surface area (Å²) in [7, 11) is -1.92. The van der Waals surface area contributed by atoms with Crippen molar-refractivity contribution in [3.8, 4) is 0 Å². The summed E-state index contributed by atoms with van der Waals surface area (Å²) >= 11 is 0. The van der Waals surface area contributed by atoms with Gasteiger partial charge in [-0.3, -0.25) is 9.48 Å². The van der Waals surface area contributed by atoms with Gasteiger partial charge in [0.2, 0.25) is 15.9 Å². The molecule has 1 saturated heterocycles. The molecule has 7 nitrogen and oxygen atoms in total. The minimum atomic E-state index is -3.68. The van der Waals surface area contributed by atoms with Gasteiger partial charge in [-0.15, -0.1) is 0 Å². The fourth-order valence-electron chi connectivity index (χ4n) is 4.13. The van der Waals surface area contributed by atoms with E-state index in [-0.39, 0.29) is 17.3 Å². The van der Waals surface area contributed by atoms with E-state index in [1.54, 1.807) is 22.8 Å². The number of rotatable bonds is 3. The van der Waals surface area contributed by atoms with Crippen LogP contribution in [0.2, 0.25) is 0 Å². The van der Waals surface area contributed by atoms with Crippen LogP contribution in [-0.2, 0) is 26.8 Å². The number of aromatic nitrogens is 2. The summed E-state index contributed by atoms with van der Waals surface area (Å²) in [6, 6.07) is 7.67. The molecule has 0 saturated carbocycles. The van der Waals surface area contributed by atoms with Gasteiger partial charge in [0.1, 0.15) is 4.90 Å². The number of piperidine rings is 1. The van der Waals surface area contributed by atoms with Gasteiger partial charge in [0.25, 0.3) is 0 Å². The Morgan fingerprint density at radius 2 is 2.04 bits per heavy atom. The standard InChI is InChI=1S/C18H22N4O3S/c1-3-21-12-14(11-19-21)26(24,25)22-10-6-9-18(13-22)15-7-4-5-8-16(15)20(2)17(18)23/h4-5,7-8,11-12H,3,6,9-10,13H2,1-2H3/t18-/m0/s1. The Morgan fingerprint density at radius 1 is 1.27 bits per heavy atom. The highest BCUT2D eigenvalue weighted by atomic mass is 32.2. The summed E-state index contributed by atoms with van der Waals surface area (Å²) in [5.41, 5.74) is 1.00. The molecule has 1 aromatic carbocycles. The minimum absolute atomic E-state index is 0.0251. The highest BCUT2D eigenvalue weighted by Crippen LogP contribution is 2.46. The van der Waals surface area contributed by atoms with Crippen LogP contribution in [-0.4, -0.2) is 48.5 Å². The maximum absolute atomic E-state index is 13.1. The van der Waals surface area contributed by atoms with E-state index in [1.807, 2.05) is 31.2 Å². The number of anilines is 1. The molecule has 1 amide bonds. The molecule has 0 radical (unpaired) electrons. The average molecular weight is 374 g/mol. The lowest BCUT2D eigenvalue weighted by atomic mass is 9.76. The maximum atomic E-state index is 13.1. The van der Waals surface area contributed by atoms with Crippen molar-refractivity contribution in [1.29, 1.82) is 0 Å². The molecule has 2 aromatic rings. The molecule has 1 fully saturated rings. The zero-order valence-electron chi connectivity index (χ0n) is 14.9. The van der Waals surface area contributed by atoms with Gasteiger partial charge in [0.05, 0.1) is 11.6 Å². The van der Waals surface area contributed by atoms with Gasteiger partial charge in [-0.1, -0.05) is 18.2 Å². The Morgan fingerprint density at radius 3 is 2.77 bits per heavy atom. The van der Waals surface area contributed by atoms with Crippen molar-refractivity contribution >= 4 is 21.6 Å². The molecule has 1 spiro atoms. The van der Waals surface area contributed by atoms with Crippen molar-refractivity contribution in [3.05, 3.63) is 42.2 Å². The predicted octanol–water partition coefficient (Wildman–Crippen LogP) is 1.60. The number of nitrogens with zero attached hydrogens (tertiary/aromatic N) is 4. The molecule has 0 bridgehead atoms. The SMILES string of the molecule is CCn1cc(S(=O)(=O)N2CCC[C@@]3(C2)C(=O)N(C)c2ccccc23)cn1. The average Bonchev–Trinajstić information content (AvgIpc) is 3.23. The van der Waals surface area contributed by atoms with Crippen LogP contribution >= 0.6 is 0 Å². The van der Waals surface area contributed by atoms with Crippen molar-refractivity contribution in [2.24, 2.45) is 0 Å². The molecule has 1 atom stereocenters. The van der Waals surface area contributed by atoms with E-state index in [0.29, 0.717) is 25.9 Å². The Bertz CT molecular complexity index is 968. The Balaban J connectivity index is 1.73. The third-order valence-corrected chi connectivity index (χ3v) is 7.32. The monoisotopic (exact) mass is 374 g/mol. The van der Waals surface area contributed by atoms with Crippen LogP contribution in [0.3, 0.4) is 0 Å². The number of amides is 1. The Kier molecular flexibility index (Phi) is 3.92. The largest absolute Gasteiger partial charge is 0.314 e. The van der Waals surface area contributed by atoms with E-state index in [2.05, 4.69) is 5.10 Å². The predicted molar refractivity (Wildman–Crippen MR) is 97.4 cm³/mol. The summed E-state index contributed by atoms with van der Waals surface area (Å²) in [6.45, 7) is 3.10. The quantitative estimate of drug-likeness (QED) is 0.818. The van der Waals surface area contributed by atoms with Crippen LogP contribution in [0.25, 0.3) is 0 Å². The van der Waals surface area contributed by atoms with E-state index in [4.69, 9.17) is 0 Å². The molecular formula is C18H22N4O3S. The number of carbonyl (C=O) groups excluding carboxylic acids is 1. The number of hydrogen-bond acceptors (Lipinski definition) is 4. The molecule has 0 unspecified atom stereocenters. The lowest BCUT2D eigenvalue weighted by Gasteiger charge is -2.38. The fraction of sp³-hybridized carbons (Fsp3) is 0.444. The Hall–Kier alpha value is -2.19. The highest BCUT2D eigenvalue weighted by Gasteiger charge is 2.53. The molecule has 8 heteroatoms. The summed E-state index contributed by atoms with van der Waals surface area (Å²) in [4.78, 5) is 14.9. The number of fused-ring (bicyclic) bond motifs is 2. The number of aryl methyl sites for hydroxylation is 1. The molecule has 2 aliphatic rings. The summed E-state index contributed by atoms with van der Waals surface area (Å²) in [5, 5.41) is 4.08. The molecule has 0 N–H and O–H groups in total. The summed E-state index contributed by atoms with van der Waals surface area (Å²) < 4.78 is 29.2. The summed E-state index contributed by atoms with van der Waals surface area (Å²) in [5.74, 6) is -0.0251. The fourth-order valence-corrected chi connectivity index (χ4v) is 5.63. The maximum Gasteiger partial charge on any atom is 0.246 e. The number of para-hydroxylation sites is 1. The zero-order chi connectivity index (χ0) is 18.5. The molecule has 138 valence electrons. The second-order valence-electron chi connectivity index (χ2n) is 6.94. The van der Waals surface area contributed by atoms with Crippen molar-refractivity contribution < 1.29 is 13.2 Å². The first-order chi connectivity index (χ1) is 12.4. The third-order valence-electron chi connectivity index (χ3n) is 5.52. The second kappa shape index (κ2) is 5.92. The molecule has 0 aliphatic carbocycles. The topological polar surface area (TPSA) is 75.5 Å². The van der Waals surface area contributed by atoms with E-state index in [1.165, 1.54) is 10.5 Å².